The minimum absolute atomic E-state index is 0.203. The molecule has 0 unspecified atom stereocenters. The van der Waals surface area contributed by atoms with Crippen LogP contribution >= 0.6 is 0 Å². The van der Waals surface area contributed by atoms with Crippen LogP contribution in [0.4, 0.5) is 0 Å². The maximum Gasteiger partial charge on any atom is 0.310 e. The molecule has 0 atom stereocenters. The van der Waals surface area contributed by atoms with Crippen molar-refractivity contribution in [2.24, 2.45) is 0 Å². The van der Waals surface area contributed by atoms with E-state index < -0.39 is 0 Å². The lowest BCUT2D eigenvalue weighted by molar-refractivity contribution is -0.133. The second-order valence-electron chi connectivity index (χ2n) is 7.63. The van der Waals surface area contributed by atoms with Gasteiger partial charge in [-0.1, -0.05) is 26.0 Å². The third-order valence-corrected chi connectivity index (χ3v) is 5.12. The van der Waals surface area contributed by atoms with Crippen molar-refractivity contribution in [3.63, 3.8) is 0 Å². The minimum atomic E-state index is -0.272. The van der Waals surface area contributed by atoms with E-state index in [1.807, 2.05) is 44.3 Å². The number of aryl methyl sites for hydroxylation is 2. The number of benzene rings is 1. The summed E-state index contributed by atoms with van der Waals surface area (Å²) >= 11 is 0. The molecular formula is C23H28N4O3. The summed E-state index contributed by atoms with van der Waals surface area (Å²) in [5.41, 5.74) is 3.46. The zero-order valence-corrected chi connectivity index (χ0v) is 18.0. The SMILES string of the molecule is CCC(=O)Oc1cn(CCCOC(C)C)c2nc(CC)n3c4ccccc4nc3c12. The largest absolute Gasteiger partial charge is 0.424 e. The Morgan fingerprint density at radius 2 is 1.93 bits per heavy atom. The zero-order valence-electron chi connectivity index (χ0n) is 18.0. The molecule has 0 aliphatic heterocycles. The molecule has 7 heteroatoms. The van der Waals surface area contributed by atoms with Crippen molar-refractivity contribution in [1.82, 2.24) is 18.9 Å². The molecule has 7 nitrogen and oxygen atoms in total. The van der Waals surface area contributed by atoms with Crippen molar-refractivity contribution in [2.75, 3.05) is 6.61 Å². The van der Waals surface area contributed by atoms with Crippen molar-refractivity contribution < 1.29 is 14.3 Å². The molecule has 0 bridgehead atoms. The Labute approximate surface area is 175 Å². The van der Waals surface area contributed by atoms with Gasteiger partial charge in [-0.05, 0) is 32.4 Å². The first kappa shape index (κ1) is 20.3. The lowest BCUT2D eigenvalue weighted by Gasteiger charge is -2.09. The Bertz CT molecular complexity index is 1210. The van der Waals surface area contributed by atoms with E-state index in [0.29, 0.717) is 18.8 Å². The van der Waals surface area contributed by atoms with Gasteiger partial charge < -0.3 is 14.0 Å². The fraction of sp³-hybridized carbons (Fsp3) is 0.435. The summed E-state index contributed by atoms with van der Waals surface area (Å²) in [4.78, 5) is 21.9. The molecule has 3 aromatic heterocycles. The summed E-state index contributed by atoms with van der Waals surface area (Å²) in [7, 11) is 0. The van der Waals surface area contributed by atoms with Gasteiger partial charge in [-0.15, -0.1) is 0 Å². The molecule has 0 spiro atoms. The lowest BCUT2D eigenvalue weighted by Crippen LogP contribution is -2.08. The smallest absolute Gasteiger partial charge is 0.310 e. The summed E-state index contributed by atoms with van der Waals surface area (Å²) in [5.74, 6) is 1.17. The summed E-state index contributed by atoms with van der Waals surface area (Å²) in [6.07, 6.45) is 3.99. The number of carbonyl (C=O) groups is 1. The third kappa shape index (κ3) is 3.65. The molecule has 3 heterocycles. The Balaban J connectivity index is 1.90. The summed E-state index contributed by atoms with van der Waals surface area (Å²) < 4.78 is 15.5. The molecular weight excluding hydrogens is 380 g/mol. The average molecular weight is 409 g/mol. The number of carbonyl (C=O) groups excluding carboxylic acids is 1. The normalized spacial score (nSPS) is 11.9. The summed E-state index contributed by atoms with van der Waals surface area (Å²) in [6, 6.07) is 8.01. The highest BCUT2D eigenvalue weighted by Crippen LogP contribution is 2.34. The molecule has 0 aliphatic rings. The predicted octanol–water partition coefficient (Wildman–Crippen LogP) is 4.53. The van der Waals surface area contributed by atoms with E-state index in [4.69, 9.17) is 19.4 Å². The van der Waals surface area contributed by atoms with E-state index in [1.54, 1.807) is 6.92 Å². The van der Waals surface area contributed by atoms with Gasteiger partial charge in [-0.25, -0.2) is 9.97 Å². The van der Waals surface area contributed by atoms with Gasteiger partial charge in [0.1, 0.15) is 16.9 Å². The fourth-order valence-electron chi connectivity index (χ4n) is 3.71. The second-order valence-corrected chi connectivity index (χ2v) is 7.63. The molecule has 1 aromatic carbocycles. The Kier molecular flexibility index (Phi) is 5.72. The Morgan fingerprint density at radius 1 is 1.13 bits per heavy atom. The topological polar surface area (TPSA) is 70.7 Å². The molecule has 0 N–H and O–H groups in total. The first-order chi connectivity index (χ1) is 14.5. The van der Waals surface area contributed by atoms with Gasteiger partial charge in [0.15, 0.2) is 11.4 Å². The van der Waals surface area contributed by atoms with Crippen molar-refractivity contribution in [2.45, 2.75) is 59.6 Å². The van der Waals surface area contributed by atoms with Gasteiger partial charge in [0.25, 0.3) is 0 Å². The van der Waals surface area contributed by atoms with Crippen LogP contribution in [0.25, 0.3) is 27.7 Å². The number of hydrogen-bond acceptors (Lipinski definition) is 5. The van der Waals surface area contributed by atoms with Crippen LogP contribution in [-0.2, 0) is 22.5 Å². The number of ether oxygens (including phenoxy) is 2. The molecule has 0 amide bonds. The van der Waals surface area contributed by atoms with Crippen LogP contribution in [-0.4, -0.2) is 37.6 Å². The Hall–Kier alpha value is -2.93. The van der Waals surface area contributed by atoms with E-state index in [2.05, 4.69) is 15.9 Å². The first-order valence-corrected chi connectivity index (χ1v) is 10.6. The standard InChI is InChI=1S/C23H28N4O3/c1-5-19-25-22-21(23-24-16-10-7-8-11-17(16)27(19)23)18(30-20(28)6-2)14-26(22)12-9-13-29-15(3)4/h7-8,10-11,14-15H,5-6,9,12-13H2,1-4H3. The third-order valence-electron chi connectivity index (χ3n) is 5.12. The van der Waals surface area contributed by atoms with Crippen LogP contribution < -0.4 is 4.74 Å². The molecule has 4 rings (SSSR count). The van der Waals surface area contributed by atoms with Crippen molar-refractivity contribution in [1.29, 1.82) is 0 Å². The average Bonchev–Trinajstić information content (AvgIpc) is 3.28. The number of fused-ring (bicyclic) bond motifs is 5. The molecule has 0 aliphatic carbocycles. The Morgan fingerprint density at radius 3 is 2.67 bits per heavy atom. The van der Waals surface area contributed by atoms with Gasteiger partial charge in [-0.2, -0.15) is 0 Å². The monoisotopic (exact) mass is 408 g/mol. The number of hydrogen-bond donors (Lipinski definition) is 0. The van der Waals surface area contributed by atoms with Crippen LogP contribution in [0.5, 0.6) is 5.75 Å². The van der Waals surface area contributed by atoms with Crippen molar-refractivity contribution in [3.8, 4) is 5.75 Å². The van der Waals surface area contributed by atoms with E-state index in [-0.39, 0.29) is 12.1 Å². The van der Waals surface area contributed by atoms with Gasteiger partial charge in [-0.3, -0.25) is 9.20 Å². The maximum atomic E-state index is 12.1. The molecule has 0 saturated heterocycles. The summed E-state index contributed by atoms with van der Waals surface area (Å²) in [5, 5.41) is 0.773. The number of rotatable bonds is 8. The van der Waals surface area contributed by atoms with Crippen molar-refractivity contribution >= 4 is 33.7 Å². The van der Waals surface area contributed by atoms with Gasteiger partial charge >= 0.3 is 5.97 Å². The van der Waals surface area contributed by atoms with E-state index in [9.17, 15) is 4.79 Å². The number of nitrogens with zero attached hydrogens (tertiary/aromatic N) is 4. The molecule has 158 valence electrons. The molecule has 0 radical (unpaired) electrons. The molecule has 0 saturated carbocycles. The van der Waals surface area contributed by atoms with Crippen LogP contribution in [0.2, 0.25) is 0 Å². The van der Waals surface area contributed by atoms with Crippen LogP contribution in [0, 0.1) is 0 Å². The quantitative estimate of drug-likeness (QED) is 0.316. The fourth-order valence-corrected chi connectivity index (χ4v) is 3.71. The second kappa shape index (κ2) is 8.44. The molecule has 4 aromatic rings. The molecule has 0 fully saturated rings. The summed E-state index contributed by atoms with van der Waals surface area (Å²) in [6.45, 7) is 9.32. The zero-order chi connectivity index (χ0) is 21.3. The number of aromatic nitrogens is 4. The van der Waals surface area contributed by atoms with Crippen molar-refractivity contribution in [3.05, 3.63) is 36.3 Å². The minimum Gasteiger partial charge on any atom is -0.424 e. The number of para-hydroxylation sites is 2. The van der Waals surface area contributed by atoms with Crippen LogP contribution in [0.1, 0.15) is 46.4 Å². The highest BCUT2D eigenvalue weighted by Gasteiger charge is 2.21. The van der Waals surface area contributed by atoms with Gasteiger partial charge in [0, 0.05) is 32.2 Å². The van der Waals surface area contributed by atoms with Gasteiger partial charge in [0.05, 0.1) is 17.1 Å². The predicted molar refractivity (Wildman–Crippen MR) is 117 cm³/mol. The lowest BCUT2D eigenvalue weighted by atomic mass is 10.3. The van der Waals surface area contributed by atoms with Gasteiger partial charge in [0.2, 0.25) is 0 Å². The van der Waals surface area contributed by atoms with E-state index >= 15 is 0 Å². The first-order valence-electron chi connectivity index (χ1n) is 10.6. The van der Waals surface area contributed by atoms with E-state index in [0.717, 1.165) is 52.9 Å². The molecule has 30 heavy (non-hydrogen) atoms. The van der Waals surface area contributed by atoms with Crippen LogP contribution in [0.15, 0.2) is 30.5 Å². The van der Waals surface area contributed by atoms with E-state index in [1.165, 1.54) is 0 Å². The highest BCUT2D eigenvalue weighted by atomic mass is 16.5. The highest BCUT2D eigenvalue weighted by molar-refractivity contribution is 6.00. The van der Waals surface area contributed by atoms with Crippen LogP contribution in [0.3, 0.4) is 0 Å². The number of esters is 1. The maximum absolute atomic E-state index is 12.1. The number of imidazole rings is 1.